The quantitative estimate of drug-likeness (QED) is 0.699. The minimum Gasteiger partial charge on any atom is -0.460 e. The third-order valence-electron chi connectivity index (χ3n) is 3.06. The van der Waals surface area contributed by atoms with E-state index in [1.54, 1.807) is 12.0 Å². The summed E-state index contributed by atoms with van der Waals surface area (Å²) in [6, 6.07) is -0.439. The summed E-state index contributed by atoms with van der Waals surface area (Å²) in [4.78, 5) is 25.9. The standard InChI is InChI=1S/C16H32N2O4/c1-8-9-17-15(20)18(11-13(3)21-7)12(2)10-14(19)22-16(4,5)6/h12-13H,8-11H2,1-7H3,(H,17,20). The Bertz CT molecular complexity index is 353. The average molecular weight is 316 g/mol. The Hall–Kier alpha value is -1.30. The van der Waals surface area contributed by atoms with E-state index in [1.807, 2.05) is 41.5 Å². The molecule has 0 aromatic heterocycles. The molecule has 0 saturated heterocycles. The smallest absolute Gasteiger partial charge is 0.317 e. The van der Waals surface area contributed by atoms with E-state index < -0.39 is 5.60 Å². The van der Waals surface area contributed by atoms with Crippen LogP contribution in [0.3, 0.4) is 0 Å². The molecule has 6 nitrogen and oxygen atoms in total. The molecule has 0 aromatic carbocycles. The van der Waals surface area contributed by atoms with Gasteiger partial charge in [0.05, 0.1) is 12.5 Å². The number of amides is 2. The lowest BCUT2D eigenvalue weighted by Crippen LogP contribution is -2.49. The number of nitrogens with one attached hydrogen (secondary N) is 1. The number of methoxy groups -OCH3 is 1. The number of hydrogen-bond donors (Lipinski definition) is 1. The lowest BCUT2D eigenvalue weighted by molar-refractivity contribution is -0.155. The predicted octanol–water partition coefficient (Wildman–Crippen LogP) is 2.56. The first-order chi connectivity index (χ1) is 10.1. The van der Waals surface area contributed by atoms with Gasteiger partial charge in [-0.15, -0.1) is 0 Å². The van der Waals surface area contributed by atoms with Crippen LogP contribution in [0.5, 0.6) is 0 Å². The molecule has 0 aliphatic rings. The van der Waals surface area contributed by atoms with Crippen LogP contribution in [-0.4, -0.2) is 54.8 Å². The van der Waals surface area contributed by atoms with Crippen molar-refractivity contribution >= 4 is 12.0 Å². The van der Waals surface area contributed by atoms with Crippen molar-refractivity contribution < 1.29 is 19.1 Å². The molecule has 1 N–H and O–H groups in total. The third kappa shape index (κ3) is 8.87. The summed E-state index contributed by atoms with van der Waals surface area (Å²) >= 11 is 0. The first kappa shape index (κ1) is 20.7. The molecule has 0 radical (unpaired) electrons. The fourth-order valence-corrected chi connectivity index (χ4v) is 1.88. The molecule has 22 heavy (non-hydrogen) atoms. The van der Waals surface area contributed by atoms with Crippen LogP contribution in [0.1, 0.15) is 54.4 Å². The molecule has 0 bridgehead atoms. The van der Waals surface area contributed by atoms with Gasteiger partial charge in [0.15, 0.2) is 0 Å². The van der Waals surface area contributed by atoms with Crippen molar-refractivity contribution in [3.63, 3.8) is 0 Å². The monoisotopic (exact) mass is 316 g/mol. The van der Waals surface area contributed by atoms with Crippen molar-refractivity contribution in [2.75, 3.05) is 20.2 Å². The zero-order valence-electron chi connectivity index (χ0n) is 15.1. The molecular weight excluding hydrogens is 284 g/mol. The number of carbonyl (C=O) groups is 2. The van der Waals surface area contributed by atoms with E-state index in [0.29, 0.717) is 13.1 Å². The van der Waals surface area contributed by atoms with Crippen LogP contribution in [-0.2, 0) is 14.3 Å². The van der Waals surface area contributed by atoms with Gasteiger partial charge in [-0.1, -0.05) is 6.92 Å². The highest BCUT2D eigenvalue weighted by Gasteiger charge is 2.26. The van der Waals surface area contributed by atoms with Crippen molar-refractivity contribution in [1.82, 2.24) is 10.2 Å². The predicted molar refractivity (Wildman–Crippen MR) is 86.8 cm³/mol. The minimum atomic E-state index is -0.522. The van der Waals surface area contributed by atoms with Crippen molar-refractivity contribution in [3.05, 3.63) is 0 Å². The van der Waals surface area contributed by atoms with E-state index in [0.717, 1.165) is 6.42 Å². The van der Waals surface area contributed by atoms with Gasteiger partial charge >= 0.3 is 12.0 Å². The molecule has 0 saturated carbocycles. The number of hydrogen-bond acceptors (Lipinski definition) is 4. The summed E-state index contributed by atoms with van der Waals surface area (Å²) in [5.74, 6) is -0.307. The van der Waals surface area contributed by atoms with Crippen LogP contribution in [0, 0.1) is 0 Å². The lowest BCUT2D eigenvalue weighted by atomic mass is 10.1. The largest absolute Gasteiger partial charge is 0.460 e. The zero-order valence-corrected chi connectivity index (χ0v) is 15.1. The lowest BCUT2D eigenvalue weighted by Gasteiger charge is -2.31. The maximum atomic E-state index is 12.3. The van der Waals surface area contributed by atoms with Gasteiger partial charge < -0.3 is 19.7 Å². The van der Waals surface area contributed by atoms with E-state index >= 15 is 0 Å². The van der Waals surface area contributed by atoms with Gasteiger partial charge in [0.1, 0.15) is 5.60 Å². The second kappa shape index (κ2) is 9.66. The maximum Gasteiger partial charge on any atom is 0.317 e. The van der Waals surface area contributed by atoms with Gasteiger partial charge in [0, 0.05) is 26.2 Å². The number of carbonyl (C=O) groups excluding carboxylic acids is 2. The molecule has 2 unspecified atom stereocenters. The molecular formula is C16H32N2O4. The summed E-state index contributed by atoms with van der Waals surface area (Å²) in [5.41, 5.74) is -0.522. The average Bonchev–Trinajstić information content (AvgIpc) is 2.39. The summed E-state index contributed by atoms with van der Waals surface area (Å²) in [7, 11) is 1.60. The normalized spacial score (nSPS) is 14.1. The van der Waals surface area contributed by atoms with Crippen molar-refractivity contribution in [2.24, 2.45) is 0 Å². The molecule has 0 aliphatic heterocycles. The Kier molecular flexibility index (Phi) is 9.09. The van der Waals surface area contributed by atoms with Crippen LogP contribution >= 0.6 is 0 Å². The Morgan fingerprint density at radius 3 is 2.27 bits per heavy atom. The molecule has 0 heterocycles. The highest BCUT2D eigenvalue weighted by molar-refractivity contribution is 5.76. The highest BCUT2D eigenvalue weighted by Crippen LogP contribution is 2.13. The summed E-state index contributed by atoms with van der Waals surface area (Å²) in [6.45, 7) is 12.2. The zero-order chi connectivity index (χ0) is 17.3. The topological polar surface area (TPSA) is 67.9 Å². The maximum absolute atomic E-state index is 12.3. The van der Waals surface area contributed by atoms with Gasteiger partial charge in [0.2, 0.25) is 0 Å². The van der Waals surface area contributed by atoms with E-state index in [4.69, 9.17) is 9.47 Å². The molecule has 0 rings (SSSR count). The van der Waals surface area contributed by atoms with Gasteiger partial charge in [0.25, 0.3) is 0 Å². The van der Waals surface area contributed by atoms with E-state index in [9.17, 15) is 9.59 Å². The van der Waals surface area contributed by atoms with Crippen molar-refractivity contribution in [2.45, 2.75) is 72.1 Å². The van der Waals surface area contributed by atoms with E-state index in [2.05, 4.69) is 5.32 Å². The Labute approximate surface area is 134 Å². The second-order valence-electron chi connectivity index (χ2n) is 6.57. The van der Waals surface area contributed by atoms with Crippen LogP contribution in [0.25, 0.3) is 0 Å². The summed E-state index contributed by atoms with van der Waals surface area (Å²) in [6.07, 6.45) is 0.918. The molecule has 6 heteroatoms. The van der Waals surface area contributed by atoms with Gasteiger partial charge in [-0.05, 0) is 41.0 Å². The third-order valence-corrected chi connectivity index (χ3v) is 3.06. The number of rotatable bonds is 8. The van der Waals surface area contributed by atoms with Crippen molar-refractivity contribution in [1.29, 1.82) is 0 Å². The Morgan fingerprint density at radius 2 is 1.82 bits per heavy atom. The molecule has 130 valence electrons. The number of esters is 1. The first-order valence-corrected chi connectivity index (χ1v) is 7.89. The summed E-state index contributed by atoms with van der Waals surface area (Å²) in [5, 5.41) is 2.84. The fraction of sp³-hybridized carbons (Fsp3) is 0.875. The summed E-state index contributed by atoms with van der Waals surface area (Å²) < 4.78 is 10.6. The Balaban J connectivity index is 4.76. The van der Waals surface area contributed by atoms with E-state index in [-0.39, 0.29) is 30.6 Å². The molecule has 0 fully saturated rings. The Morgan fingerprint density at radius 1 is 1.23 bits per heavy atom. The molecule has 0 aromatic rings. The minimum absolute atomic E-state index is 0.103. The second-order valence-corrected chi connectivity index (χ2v) is 6.57. The van der Waals surface area contributed by atoms with Gasteiger partial charge in [-0.3, -0.25) is 4.79 Å². The van der Waals surface area contributed by atoms with Crippen LogP contribution in [0.4, 0.5) is 4.79 Å². The van der Waals surface area contributed by atoms with Crippen LogP contribution in [0.2, 0.25) is 0 Å². The first-order valence-electron chi connectivity index (χ1n) is 7.89. The van der Waals surface area contributed by atoms with Crippen LogP contribution < -0.4 is 5.32 Å². The number of nitrogens with zero attached hydrogens (tertiary/aromatic N) is 1. The van der Waals surface area contributed by atoms with Gasteiger partial charge in [-0.25, -0.2) is 4.79 Å². The molecule has 2 amide bonds. The van der Waals surface area contributed by atoms with Crippen LogP contribution in [0.15, 0.2) is 0 Å². The van der Waals surface area contributed by atoms with E-state index in [1.165, 1.54) is 0 Å². The molecule has 2 atom stereocenters. The SMILES string of the molecule is CCCNC(=O)N(CC(C)OC)C(C)CC(=O)OC(C)(C)C. The molecule has 0 spiro atoms. The molecule has 0 aliphatic carbocycles. The van der Waals surface area contributed by atoms with Gasteiger partial charge in [-0.2, -0.15) is 0 Å². The highest BCUT2D eigenvalue weighted by atomic mass is 16.6. The number of ether oxygens (including phenoxy) is 2. The fourth-order valence-electron chi connectivity index (χ4n) is 1.88. The van der Waals surface area contributed by atoms with Crippen molar-refractivity contribution in [3.8, 4) is 0 Å². The number of urea groups is 1.